The number of para-hydroxylation sites is 1. The van der Waals surface area contributed by atoms with Crippen LogP contribution in [0.2, 0.25) is 5.02 Å². The minimum atomic E-state index is -1.07. The van der Waals surface area contributed by atoms with Gasteiger partial charge in [-0.25, -0.2) is 4.98 Å². The molecule has 2 unspecified atom stereocenters. The van der Waals surface area contributed by atoms with E-state index in [2.05, 4.69) is 4.98 Å². The van der Waals surface area contributed by atoms with Crippen LogP contribution in [-0.4, -0.2) is 27.5 Å². The largest absolute Gasteiger partial charge is 0.487 e. The Morgan fingerprint density at radius 3 is 2.39 bits per heavy atom. The quantitative estimate of drug-likeness (QED) is 0.127. The number of ether oxygens (including phenoxy) is 1. The second-order valence-corrected chi connectivity index (χ2v) is 9.37. The molecule has 3 aromatic carbocycles. The Labute approximate surface area is 225 Å². The summed E-state index contributed by atoms with van der Waals surface area (Å²) < 4.78 is 5.94. The molecular formula is C30H27ClN2O5. The molecule has 194 valence electrons. The summed E-state index contributed by atoms with van der Waals surface area (Å²) in [5.74, 6) is -2.22. The Morgan fingerprint density at radius 2 is 1.74 bits per heavy atom. The third-order valence-corrected chi connectivity index (χ3v) is 6.66. The third-order valence-electron chi connectivity index (χ3n) is 6.41. The molecule has 1 N–H and O–H groups in total. The van der Waals surface area contributed by atoms with Crippen LogP contribution >= 0.6 is 11.6 Å². The number of hydrogen-bond acceptors (Lipinski definition) is 5. The van der Waals surface area contributed by atoms with Crippen LogP contribution in [0, 0.1) is 22.0 Å². The second kappa shape index (κ2) is 12.3. The molecule has 1 heterocycles. The predicted molar refractivity (Wildman–Crippen MR) is 149 cm³/mol. The van der Waals surface area contributed by atoms with Gasteiger partial charge in [0, 0.05) is 15.3 Å². The lowest BCUT2D eigenvalue weighted by atomic mass is 9.80. The van der Waals surface area contributed by atoms with Crippen LogP contribution < -0.4 is 4.74 Å². The van der Waals surface area contributed by atoms with Gasteiger partial charge in [-0.3, -0.25) is 14.9 Å². The Balaban J connectivity index is 1.63. The van der Waals surface area contributed by atoms with Crippen molar-refractivity contribution in [2.45, 2.75) is 20.0 Å². The molecule has 38 heavy (non-hydrogen) atoms. The number of fused-ring (bicyclic) bond motifs is 1. The fourth-order valence-corrected chi connectivity index (χ4v) is 4.59. The van der Waals surface area contributed by atoms with Gasteiger partial charge in [0.25, 0.3) is 0 Å². The fraction of sp³-hybridized carbons (Fsp3) is 0.200. The van der Waals surface area contributed by atoms with Crippen LogP contribution in [0.1, 0.15) is 30.2 Å². The highest BCUT2D eigenvalue weighted by Gasteiger charge is 2.34. The van der Waals surface area contributed by atoms with E-state index in [0.29, 0.717) is 21.9 Å². The lowest BCUT2D eigenvalue weighted by molar-refractivity contribution is -0.486. The van der Waals surface area contributed by atoms with Crippen molar-refractivity contribution < 1.29 is 19.6 Å². The summed E-state index contributed by atoms with van der Waals surface area (Å²) >= 11 is 6.03. The topological polar surface area (TPSA) is 103 Å². The summed E-state index contributed by atoms with van der Waals surface area (Å²) in [6, 6.07) is 25.9. The first-order valence-electron chi connectivity index (χ1n) is 12.2. The lowest BCUT2D eigenvalue weighted by Crippen LogP contribution is -2.29. The van der Waals surface area contributed by atoms with E-state index >= 15 is 0 Å². The van der Waals surface area contributed by atoms with Crippen LogP contribution in [0.4, 0.5) is 0 Å². The molecule has 2 atom stereocenters. The van der Waals surface area contributed by atoms with Crippen LogP contribution in [0.25, 0.3) is 22.6 Å². The Kier molecular flexibility index (Phi) is 8.71. The molecule has 0 bridgehead atoms. The van der Waals surface area contributed by atoms with E-state index in [1.807, 2.05) is 36.4 Å². The number of carbonyl (C=O) groups is 1. The average molecular weight is 531 g/mol. The highest BCUT2D eigenvalue weighted by atomic mass is 35.5. The molecule has 0 amide bonds. The molecule has 0 aliphatic heterocycles. The number of rotatable bonds is 11. The van der Waals surface area contributed by atoms with Crippen molar-refractivity contribution in [1.29, 1.82) is 0 Å². The highest BCUT2D eigenvalue weighted by Crippen LogP contribution is 2.35. The number of nitro groups is 1. The van der Waals surface area contributed by atoms with E-state index in [4.69, 9.17) is 16.3 Å². The molecule has 0 saturated carbocycles. The van der Waals surface area contributed by atoms with E-state index in [-0.39, 0.29) is 13.0 Å². The third kappa shape index (κ3) is 6.75. The Morgan fingerprint density at radius 1 is 1.03 bits per heavy atom. The SMILES string of the molecule is CCC(C(=O)O)C(C[N+](=O)[O-])C(=Cc1ccc(Cl)cc1)c1ccc(OCc2ccc3ccccc3n2)cc1. The van der Waals surface area contributed by atoms with Gasteiger partial charge in [-0.2, -0.15) is 0 Å². The Hall–Kier alpha value is -4.23. The smallest absolute Gasteiger partial charge is 0.307 e. The summed E-state index contributed by atoms with van der Waals surface area (Å²) in [6.45, 7) is 1.50. The molecule has 7 nitrogen and oxygen atoms in total. The number of pyridine rings is 1. The van der Waals surface area contributed by atoms with Gasteiger partial charge in [0.2, 0.25) is 6.54 Å². The Bertz CT molecular complexity index is 1450. The summed E-state index contributed by atoms with van der Waals surface area (Å²) in [7, 11) is 0. The molecule has 0 saturated heterocycles. The molecule has 1 aromatic heterocycles. The van der Waals surface area contributed by atoms with E-state index in [1.54, 1.807) is 61.5 Å². The van der Waals surface area contributed by atoms with Crippen molar-refractivity contribution in [3.8, 4) is 5.75 Å². The number of halogens is 1. The number of aliphatic carboxylic acids is 1. The first-order chi connectivity index (χ1) is 18.3. The van der Waals surface area contributed by atoms with Gasteiger partial charge in [0.15, 0.2) is 0 Å². The van der Waals surface area contributed by atoms with Crippen molar-refractivity contribution in [3.63, 3.8) is 0 Å². The fourth-order valence-electron chi connectivity index (χ4n) is 4.47. The van der Waals surface area contributed by atoms with E-state index in [9.17, 15) is 20.0 Å². The van der Waals surface area contributed by atoms with Crippen LogP contribution in [0.5, 0.6) is 5.75 Å². The van der Waals surface area contributed by atoms with E-state index in [0.717, 1.165) is 22.2 Å². The number of carboxylic acids is 1. The van der Waals surface area contributed by atoms with Crippen molar-refractivity contribution in [2.24, 2.45) is 11.8 Å². The molecule has 0 fully saturated rings. The zero-order chi connectivity index (χ0) is 27.1. The average Bonchev–Trinajstić information content (AvgIpc) is 2.91. The van der Waals surface area contributed by atoms with Gasteiger partial charge in [0.1, 0.15) is 12.4 Å². The number of hydrogen-bond donors (Lipinski definition) is 1. The standard InChI is InChI=1S/C30H27ClN2O5/c1-2-26(30(34)35)28(18-33(36)37)27(17-20-7-12-23(31)13-8-20)21-10-15-25(16-11-21)38-19-24-14-9-22-5-3-4-6-29(22)32-24/h3-17,26,28H,2,18-19H2,1H3,(H,34,35). The maximum Gasteiger partial charge on any atom is 0.307 e. The van der Waals surface area contributed by atoms with Crippen LogP contribution in [0.3, 0.4) is 0 Å². The molecule has 0 aliphatic rings. The van der Waals surface area contributed by atoms with Crippen molar-refractivity contribution in [1.82, 2.24) is 4.98 Å². The van der Waals surface area contributed by atoms with Gasteiger partial charge in [0.05, 0.1) is 23.0 Å². The maximum atomic E-state index is 12.0. The minimum Gasteiger partial charge on any atom is -0.487 e. The number of nitrogens with zero attached hydrogens (tertiary/aromatic N) is 2. The van der Waals surface area contributed by atoms with Gasteiger partial charge in [-0.05, 0) is 59.5 Å². The van der Waals surface area contributed by atoms with Crippen molar-refractivity contribution in [2.75, 3.05) is 6.54 Å². The summed E-state index contributed by atoms with van der Waals surface area (Å²) in [6.07, 6.45) is 2.05. The molecule has 0 aliphatic carbocycles. The first-order valence-corrected chi connectivity index (χ1v) is 12.6. The summed E-state index contributed by atoms with van der Waals surface area (Å²) in [5.41, 5.74) is 3.69. The number of benzene rings is 3. The summed E-state index contributed by atoms with van der Waals surface area (Å²) in [4.78, 5) is 27.8. The van der Waals surface area contributed by atoms with Gasteiger partial charge < -0.3 is 9.84 Å². The predicted octanol–water partition coefficient (Wildman–Crippen LogP) is 7.01. The lowest BCUT2D eigenvalue weighted by Gasteiger charge is -2.23. The van der Waals surface area contributed by atoms with Gasteiger partial charge in [-0.15, -0.1) is 0 Å². The molecule has 0 spiro atoms. The molecular weight excluding hydrogens is 504 g/mol. The second-order valence-electron chi connectivity index (χ2n) is 8.93. The zero-order valence-electron chi connectivity index (χ0n) is 20.8. The van der Waals surface area contributed by atoms with Crippen molar-refractivity contribution >= 4 is 40.1 Å². The first kappa shape index (κ1) is 26.8. The molecule has 0 radical (unpaired) electrons. The maximum absolute atomic E-state index is 12.0. The van der Waals surface area contributed by atoms with Gasteiger partial charge >= 0.3 is 5.97 Å². The van der Waals surface area contributed by atoms with Gasteiger partial charge in [-0.1, -0.05) is 73.1 Å². The van der Waals surface area contributed by atoms with E-state index < -0.39 is 29.3 Å². The summed E-state index contributed by atoms with van der Waals surface area (Å²) in [5, 5.41) is 23.0. The zero-order valence-corrected chi connectivity index (χ0v) is 21.5. The molecule has 4 aromatic rings. The molecule has 8 heteroatoms. The minimum absolute atomic E-state index is 0.256. The normalized spacial score (nSPS) is 13.2. The number of carboxylic acid groups (broad SMARTS) is 1. The van der Waals surface area contributed by atoms with E-state index in [1.165, 1.54) is 0 Å². The monoisotopic (exact) mass is 530 g/mol. The van der Waals surface area contributed by atoms with Crippen LogP contribution in [-0.2, 0) is 11.4 Å². The highest BCUT2D eigenvalue weighted by molar-refractivity contribution is 6.30. The molecule has 4 rings (SSSR count). The number of aromatic nitrogens is 1. The van der Waals surface area contributed by atoms with Crippen LogP contribution in [0.15, 0.2) is 84.9 Å². The van der Waals surface area contributed by atoms with Crippen molar-refractivity contribution in [3.05, 3.63) is 117 Å².